The Labute approximate surface area is 199 Å². The van der Waals surface area contributed by atoms with E-state index in [4.69, 9.17) is 21.1 Å². The van der Waals surface area contributed by atoms with Crippen molar-refractivity contribution in [2.24, 2.45) is 0 Å². The lowest BCUT2D eigenvalue weighted by Crippen LogP contribution is -2.29. The van der Waals surface area contributed by atoms with E-state index < -0.39 is 12.1 Å². The van der Waals surface area contributed by atoms with Crippen LogP contribution < -0.4 is 10.1 Å². The summed E-state index contributed by atoms with van der Waals surface area (Å²) in [6.07, 6.45) is 2.92. The minimum atomic E-state index is -0.920. The van der Waals surface area contributed by atoms with Gasteiger partial charge in [0, 0.05) is 16.8 Å². The summed E-state index contributed by atoms with van der Waals surface area (Å²) in [7, 11) is 0. The molecule has 1 N–H and O–H groups in total. The lowest BCUT2D eigenvalue weighted by Gasteiger charge is -2.12. The predicted octanol–water partition coefficient (Wildman–Crippen LogP) is 6.07. The quantitative estimate of drug-likeness (QED) is 0.309. The molecule has 5 nitrogen and oxygen atoms in total. The Balaban J connectivity index is 1.45. The van der Waals surface area contributed by atoms with E-state index in [1.165, 1.54) is 18.6 Å². The number of carbonyl (C=O) groups is 2. The topological polar surface area (TPSA) is 64.6 Å². The fraction of sp³-hybridized carbons (Fsp3) is 0.185. The Morgan fingerprint density at radius 1 is 0.939 bits per heavy atom. The highest BCUT2D eigenvalue weighted by Crippen LogP contribution is 2.17. The maximum atomic E-state index is 12.3. The van der Waals surface area contributed by atoms with Crippen LogP contribution >= 0.6 is 11.6 Å². The zero-order chi connectivity index (χ0) is 23.6. The van der Waals surface area contributed by atoms with Crippen LogP contribution in [0.2, 0.25) is 5.02 Å². The Morgan fingerprint density at radius 3 is 2.21 bits per heavy atom. The van der Waals surface area contributed by atoms with Gasteiger partial charge in [0.25, 0.3) is 5.91 Å². The number of halogens is 1. The van der Waals surface area contributed by atoms with Gasteiger partial charge in [0.2, 0.25) is 0 Å². The van der Waals surface area contributed by atoms with Crippen molar-refractivity contribution in [1.29, 1.82) is 0 Å². The maximum Gasteiger partial charge on any atom is 0.331 e. The summed E-state index contributed by atoms with van der Waals surface area (Å²) < 4.78 is 10.9. The smallest absolute Gasteiger partial charge is 0.331 e. The summed E-state index contributed by atoms with van der Waals surface area (Å²) in [6.45, 7) is 4.03. The minimum Gasteiger partial charge on any atom is -0.489 e. The lowest BCUT2D eigenvalue weighted by molar-refractivity contribution is -0.148. The number of carbonyl (C=O) groups excluding carboxylic acids is 2. The van der Waals surface area contributed by atoms with Gasteiger partial charge in [0.05, 0.1) is 0 Å². The number of aryl methyl sites for hydroxylation is 1. The highest BCUT2D eigenvalue weighted by molar-refractivity contribution is 6.30. The van der Waals surface area contributed by atoms with Crippen LogP contribution in [-0.2, 0) is 27.4 Å². The Morgan fingerprint density at radius 2 is 1.58 bits per heavy atom. The molecular weight excluding hydrogens is 438 g/mol. The molecule has 6 heteroatoms. The molecule has 0 fully saturated rings. The number of amides is 1. The number of anilines is 1. The van der Waals surface area contributed by atoms with Crippen molar-refractivity contribution in [2.45, 2.75) is 33.0 Å². The Hall–Kier alpha value is -3.57. The van der Waals surface area contributed by atoms with Crippen molar-refractivity contribution in [3.05, 3.63) is 101 Å². The van der Waals surface area contributed by atoms with Crippen molar-refractivity contribution in [3.63, 3.8) is 0 Å². The summed E-state index contributed by atoms with van der Waals surface area (Å²) in [5.41, 5.74) is 3.66. The van der Waals surface area contributed by atoms with Crippen LogP contribution in [0.3, 0.4) is 0 Å². The molecule has 3 rings (SSSR count). The van der Waals surface area contributed by atoms with Crippen LogP contribution in [0.25, 0.3) is 6.08 Å². The van der Waals surface area contributed by atoms with Gasteiger partial charge in [0.15, 0.2) is 6.10 Å². The number of ether oxygens (including phenoxy) is 2. The molecule has 3 aromatic carbocycles. The zero-order valence-corrected chi connectivity index (χ0v) is 19.3. The van der Waals surface area contributed by atoms with E-state index in [0.29, 0.717) is 23.1 Å². The second kappa shape index (κ2) is 11.9. The van der Waals surface area contributed by atoms with Gasteiger partial charge in [-0.1, -0.05) is 54.9 Å². The van der Waals surface area contributed by atoms with Gasteiger partial charge >= 0.3 is 5.97 Å². The predicted molar refractivity (Wildman–Crippen MR) is 131 cm³/mol. The monoisotopic (exact) mass is 463 g/mol. The second-order valence-electron chi connectivity index (χ2n) is 7.44. The number of hydrogen-bond acceptors (Lipinski definition) is 4. The molecule has 1 unspecified atom stereocenters. The maximum absolute atomic E-state index is 12.3. The average Bonchev–Trinajstić information content (AvgIpc) is 2.83. The molecule has 33 heavy (non-hydrogen) atoms. The van der Waals surface area contributed by atoms with E-state index in [2.05, 4.69) is 12.2 Å². The summed E-state index contributed by atoms with van der Waals surface area (Å²) in [6, 6.07) is 22.3. The molecular formula is C27H26ClNO4. The SMILES string of the molecule is CCc1ccc(NC(=O)C(C)OC(=O)/C=C/c2ccc(OCc3ccc(Cl)cc3)cc2)cc1. The molecule has 1 atom stereocenters. The first kappa shape index (κ1) is 24.1. The molecule has 0 saturated heterocycles. The van der Waals surface area contributed by atoms with Crippen molar-refractivity contribution in [3.8, 4) is 5.75 Å². The van der Waals surface area contributed by atoms with Crippen molar-refractivity contribution in [2.75, 3.05) is 5.32 Å². The van der Waals surface area contributed by atoms with Crippen LogP contribution in [-0.4, -0.2) is 18.0 Å². The van der Waals surface area contributed by atoms with Crippen LogP contribution in [0.4, 0.5) is 5.69 Å². The molecule has 0 saturated carbocycles. The molecule has 3 aromatic rings. The molecule has 0 aromatic heterocycles. The van der Waals surface area contributed by atoms with Gasteiger partial charge in [-0.3, -0.25) is 4.79 Å². The number of rotatable bonds is 9. The molecule has 0 bridgehead atoms. The van der Waals surface area contributed by atoms with E-state index in [0.717, 1.165) is 17.5 Å². The highest BCUT2D eigenvalue weighted by Gasteiger charge is 2.16. The number of nitrogens with one attached hydrogen (secondary N) is 1. The minimum absolute atomic E-state index is 0.386. The summed E-state index contributed by atoms with van der Waals surface area (Å²) >= 11 is 5.88. The Bertz CT molecular complexity index is 1090. The van der Waals surface area contributed by atoms with Gasteiger partial charge in [-0.05, 0) is 72.5 Å². The van der Waals surface area contributed by atoms with Crippen LogP contribution in [0.15, 0.2) is 78.9 Å². The van der Waals surface area contributed by atoms with Crippen molar-refractivity contribution >= 4 is 35.2 Å². The molecule has 0 aliphatic heterocycles. The normalized spacial score (nSPS) is 11.7. The molecule has 0 aliphatic carbocycles. The molecule has 0 radical (unpaired) electrons. The van der Waals surface area contributed by atoms with Crippen LogP contribution in [0.5, 0.6) is 5.75 Å². The van der Waals surface area contributed by atoms with Gasteiger partial charge < -0.3 is 14.8 Å². The van der Waals surface area contributed by atoms with Gasteiger partial charge in [-0.25, -0.2) is 4.79 Å². The fourth-order valence-corrected chi connectivity index (χ4v) is 3.05. The third kappa shape index (κ3) is 7.81. The zero-order valence-electron chi connectivity index (χ0n) is 18.6. The molecule has 0 spiro atoms. The molecule has 170 valence electrons. The van der Waals surface area contributed by atoms with E-state index in [9.17, 15) is 9.59 Å². The van der Waals surface area contributed by atoms with Gasteiger partial charge in [0.1, 0.15) is 12.4 Å². The summed E-state index contributed by atoms with van der Waals surface area (Å²) in [4.78, 5) is 24.4. The Kier molecular flexibility index (Phi) is 8.67. The third-order valence-corrected chi connectivity index (χ3v) is 5.15. The number of benzene rings is 3. The molecule has 0 heterocycles. The largest absolute Gasteiger partial charge is 0.489 e. The van der Waals surface area contributed by atoms with Crippen molar-refractivity contribution < 1.29 is 19.1 Å². The van der Waals surface area contributed by atoms with E-state index >= 15 is 0 Å². The summed E-state index contributed by atoms with van der Waals surface area (Å²) in [5.74, 6) is -0.271. The first-order valence-electron chi connectivity index (χ1n) is 10.7. The van der Waals surface area contributed by atoms with Crippen LogP contribution in [0.1, 0.15) is 30.5 Å². The molecule has 0 aliphatic rings. The lowest BCUT2D eigenvalue weighted by atomic mass is 10.1. The van der Waals surface area contributed by atoms with Gasteiger partial charge in [-0.15, -0.1) is 0 Å². The van der Waals surface area contributed by atoms with E-state index in [1.54, 1.807) is 6.08 Å². The highest BCUT2D eigenvalue weighted by atomic mass is 35.5. The second-order valence-corrected chi connectivity index (χ2v) is 7.87. The third-order valence-electron chi connectivity index (χ3n) is 4.90. The van der Waals surface area contributed by atoms with Crippen molar-refractivity contribution in [1.82, 2.24) is 0 Å². The number of hydrogen-bond donors (Lipinski definition) is 1. The average molecular weight is 464 g/mol. The molecule has 1 amide bonds. The van der Waals surface area contributed by atoms with E-state index in [-0.39, 0.29) is 5.91 Å². The van der Waals surface area contributed by atoms with E-state index in [1.807, 2.05) is 72.8 Å². The number of esters is 1. The summed E-state index contributed by atoms with van der Waals surface area (Å²) in [5, 5.41) is 3.43. The van der Waals surface area contributed by atoms with Gasteiger partial charge in [-0.2, -0.15) is 0 Å². The first-order valence-corrected chi connectivity index (χ1v) is 11.1. The van der Waals surface area contributed by atoms with Crippen LogP contribution in [0, 0.1) is 0 Å². The fourth-order valence-electron chi connectivity index (χ4n) is 2.92. The first-order chi connectivity index (χ1) is 15.9. The standard InChI is InChI=1S/C27H26ClNO4/c1-3-20-6-13-24(14-7-20)29-27(31)19(2)33-26(30)17-10-21-8-15-25(16-9-21)32-18-22-4-11-23(28)12-5-22/h4-17,19H,3,18H2,1-2H3,(H,29,31)/b17-10+.